The van der Waals surface area contributed by atoms with Crippen molar-refractivity contribution in [1.29, 1.82) is 0 Å². The largest absolute Gasteiger partial charge is 0.416 e. The first-order chi connectivity index (χ1) is 11.7. The average Bonchev–Trinajstić information content (AvgIpc) is 3.23. The van der Waals surface area contributed by atoms with Crippen LogP contribution in [0.25, 0.3) is 0 Å². The molecule has 132 valence electrons. The standard InChI is InChI=1S/C15H12F3N3O3S/c16-15(17,18)9-3-1-2-8(4-9)5-10-7-19-14(25-10)20-13(22)11-6-12(11)21(23)24/h1-4,7,11-12H,5-6H2,(H,19,20,22)/t11-,12-/m0/s1. The molecule has 1 N–H and O–H groups in total. The highest BCUT2D eigenvalue weighted by atomic mass is 32.1. The van der Waals surface area contributed by atoms with Crippen molar-refractivity contribution in [3.8, 4) is 0 Å². The fourth-order valence-electron chi connectivity index (χ4n) is 2.40. The van der Waals surface area contributed by atoms with Gasteiger partial charge in [0, 0.05) is 28.8 Å². The van der Waals surface area contributed by atoms with Gasteiger partial charge in [-0.1, -0.05) is 18.2 Å². The predicted molar refractivity (Wildman–Crippen MR) is 83.9 cm³/mol. The minimum absolute atomic E-state index is 0.210. The van der Waals surface area contributed by atoms with Crippen molar-refractivity contribution in [2.75, 3.05) is 5.32 Å². The van der Waals surface area contributed by atoms with Crippen LogP contribution >= 0.6 is 11.3 Å². The SMILES string of the molecule is O=C(Nc1ncc(Cc2cccc(C(F)(F)F)c2)s1)[C@H]1C[C@@H]1[N+](=O)[O-]. The number of halogens is 3. The third-order valence-corrected chi connectivity index (χ3v) is 4.69. The molecule has 2 aromatic rings. The third-order valence-electron chi connectivity index (χ3n) is 3.78. The van der Waals surface area contributed by atoms with Gasteiger partial charge in [-0.25, -0.2) is 4.98 Å². The van der Waals surface area contributed by atoms with Crippen LogP contribution in [-0.4, -0.2) is 21.9 Å². The van der Waals surface area contributed by atoms with E-state index in [4.69, 9.17) is 0 Å². The number of hydrogen-bond donors (Lipinski definition) is 1. The fraction of sp³-hybridized carbons (Fsp3) is 0.333. The molecule has 0 bridgehead atoms. The number of nitrogens with one attached hydrogen (secondary N) is 1. The molecule has 6 nitrogen and oxygen atoms in total. The molecular weight excluding hydrogens is 359 g/mol. The van der Waals surface area contributed by atoms with Crippen LogP contribution in [0.3, 0.4) is 0 Å². The molecule has 25 heavy (non-hydrogen) atoms. The maximum Gasteiger partial charge on any atom is 0.416 e. The first kappa shape index (κ1) is 17.3. The number of thiazole rings is 1. The van der Waals surface area contributed by atoms with Crippen LogP contribution < -0.4 is 5.32 Å². The van der Waals surface area contributed by atoms with E-state index in [1.807, 2.05) is 0 Å². The smallest absolute Gasteiger partial charge is 0.301 e. The van der Waals surface area contributed by atoms with E-state index < -0.39 is 34.5 Å². The number of benzene rings is 1. The lowest BCUT2D eigenvalue weighted by Gasteiger charge is -2.07. The molecule has 1 aromatic heterocycles. The number of aromatic nitrogens is 1. The molecule has 10 heteroatoms. The van der Waals surface area contributed by atoms with Crippen molar-refractivity contribution in [3.05, 3.63) is 56.6 Å². The van der Waals surface area contributed by atoms with E-state index in [0.29, 0.717) is 10.4 Å². The Morgan fingerprint density at radius 3 is 2.84 bits per heavy atom. The number of amides is 1. The molecule has 0 unspecified atom stereocenters. The van der Waals surface area contributed by atoms with Gasteiger partial charge in [-0.05, 0) is 11.6 Å². The zero-order valence-corrected chi connectivity index (χ0v) is 13.4. The average molecular weight is 371 g/mol. The molecule has 0 spiro atoms. The van der Waals surface area contributed by atoms with Gasteiger partial charge in [-0.3, -0.25) is 14.9 Å². The summed E-state index contributed by atoms with van der Waals surface area (Å²) in [7, 11) is 0. The molecule has 1 fully saturated rings. The minimum Gasteiger partial charge on any atom is -0.301 e. The molecule has 1 aromatic carbocycles. The summed E-state index contributed by atoms with van der Waals surface area (Å²) >= 11 is 1.13. The van der Waals surface area contributed by atoms with Gasteiger partial charge in [0.15, 0.2) is 5.13 Å². The van der Waals surface area contributed by atoms with Crippen LogP contribution in [-0.2, 0) is 17.4 Å². The summed E-state index contributed by atoms with van der Waals surface area (Å²) in [5, 5.41) is 13.4. The molecule has 0 radical (unpaired) electrons. The molecule has 3 rings (SSSR count). The summed E-state index contributed by atoms with van der Waals surface area (Å²) in [5.41, 5.74) is -0.241. The van der Waals surface area contributed by atoms with Gasteiger partial charge in [0.25, 0.3) is 0 Å². The molecule has 1 aliphatic rings. The Labute approximate surface area is 143 Å². The Bertz CT molecular complexity index is 822. The lowest BCUT2D eigenvalue weighted by atomic mass is 10.1. The Hall–Kier alpha value is -2.49. The molecule has 1 amide bonds. The molecule has 2 atom stereocenters. The first-order valence-electron chi connectivity index (χ1n) is 7.29. The van der Waals surface area contributed by atoms with E-state index >= 15 is 0 Å². The number of carbonyl (C=O) groups is 1. The van der Waals surface area contributed by atoms with Crippen LogP contribution in [0.15, 0.2) is 30.5 Å². The lowest BCUT2D eigenvalue weighted by Crippen LogP contribution is -2.18. The van der Waals surface area contributed by atoms with E-state index in [1.54, 1.807) is 6.07 Å². The van der Waals surface area contributed by atoms with Gasteiger partial charge >= 0.3 is 6.18 Å². The number of nitro groups is 1. The third kappa shape index (κ3) is 4.13. The van der Waals surface area contributed by atoms with Gasteiger partial charge in [0.2, 0.25) is 11.9 Å². The van der Waals surface area contributed by atoms with Crippen molar-refractivity contribution in [2.24, 2.45) is 5.92 Å². The van der Waals surface area contributed by atoms with Gasteiger partial charge in [0.05, 0.1) is 5.56 Å². The maximum atomic E-state index is 12.7. The number of hydrogen-bond acceptors (Lipinski definition) is 5. The Balaban J connectivity index is 1.63. The summed E-state index contributed by atoms with van der Waals surface area (Å²) in [6.07, 6.45) is -2.47. The predicted octanol–water partition coefficient (Wildman–Crippen LogP) is 3.36. The Morgan fingerprint density at radius 1 is 1.44 bits per heavy atom. The highest BCUT2D eigenvalue weighted by Gasteiger charge is 2.53. The lowest BCUT2D eigenvalue weighted by molar-refractivity contribution is -0.497. The molecule has 1 heterocycles. The van der Waals surface area contributed by atoms with E-state index in [9.17, 15) is 28.1 Å². The highest BCUT2D eigenvalue weighted by molar-refractivity contribution is 7.15. The maximum absolute atomic E-state index is 12.7. The topological polar surface area (TPSA) is 85.1 Å². The zero-order valence-electron chi connectivity index (χ0n) is 12.6. The molecule has 0 saturated heterocycles. The van der Waals surface area contributed by atoms with Crippen molar-refractivity contribution >= 4 is 22.4 Å². The fourth-order valence-corrected chi connectivity index (χ4v) is 3.25. The summed E-state index contributed by atoms with van der Waals surface area (Å²) < 4.78 is 38.2. The summed E-state index contributed by atoms with van der Waals surface area (Å²) in [6, 6.07) is 4.16. The van der Waals surface area contributed by atoms with Crippen LogP contribution in [0.1, 0.15) is 22.4 Å². The van der Waals surface area contributed by atoms with Crippen molar-refractivity contribution in [2.45, 2.75) is 25.1 Å². The second-order valence-corrected chi connectivity index (χ2v) is 6.81. The van der Waals surface area contributed by atoms with E-state index in [1.165, 1.54) is 12.3 Å². The second kappa shape index (κ2) is 6.43. The van der Waals surface area contributed by atoms with Gasteiger partial charge in [0.1, 0.15) is 5.92 Å². The Morgan fingerprint density at radius 2 is 2.20 bits per heavy atom. The van der Waals surface area contributed by atoms with Gasteiger partial charge < -0.3 is 5.32 Å². The van der Waals surface area contributed by atoms with Crippen molar-refractivity contribution in [3.63, 3.8) is 0 Å². The van der Waals surface area contributed by atoms with Crippen LogP contribution in [0.4, 0.5) is 18.3 Å². The van der Waals surface area contributed by atoms with E-state index in [-0.39, 0.29) is 18.0 Å². The number of nitrogens with zero attached hydrogens (tertiary/aromatic N) is 2. The summed E-state index contributed by atoms with van der Waals surface area (Å²) in [6.45, 7) is 0. The van der Waals surface area contributed by atoms with Crippen LogP contribution in [0.5, 0.6) is 0 Å². The van der Waals surface area contributed by atoms with Crippen LogP contribution in [0.2, 0.25) is 0 Å². The molecular formula is C15H12F3N3O3S. The summed E-state index contributed by atoms with van der Waals surface area (Å²) in [5.74, 6) is -1.10. The number of carbonyl (C=O) groups excluding carboxylic acids is 1. The monoisotopic (exact) mass is 371 g/mol. The van der Waals surface area contributed by atoms with Crippen LogP contribution in [0, 0.1) is 16.0 Å². The number of alkyl halides is 3. The quantitative estimate of drug-likeness (QED) is 0.645. The first-order valence-corrected chi connectivity index (χ1v) is 8.11. The summed E-state index contributed by atoms with van der Waals surface area (Å²) in [4.78, 5) is 26.6. The second-order valence-electron chi connectivity index (χ2n) is 5.69. The van der Waals surface area contributed by atoms with E-state index in [0.717, 1.165) is 23.5 Å². The molecule has 1 saturated carbocycles. The van der Waals surface area contributed by atoms with E-state index in [2.05, 4.69) is 10.3 Å². The minimum atomic E-state index is -4.40. The van der Waals surface area contributed by atoms with Gasteiger partial charge in [-0.15, -0.1) is 11.3 Å². The molecule has 1 aliphatic carbocycles. The molecule has 0 aliphatic heterocycles. The number of anilines is 1. The number of rotatable bonds is 5. The highest BCUT2D eigenvalue weighted by Crippen LogP contribution is 2.35. The Kier molecular flexibility index (Phi) is 4.46. The normalized spacial score (nSPS) is 19.5. The van der Waals surface area contributed by atoms with Crippen molar-refractivity contribution in [1.82, 2.24) is 4.98 Å². The zero-order chi connectivity index (χ0) is 18.2. The van der Waals surface area contributed by atoms with Gasteiger partial charge in [-0.2, -0.15) is 13.2 Å². The van der Waals surface area contributed by atoms with Crippen molar-refractivity contribution < 1.29 is 22.9 Å².